The first kappa shape index (κ1) is 23.6. The maximum Gasteiger partial charge on any atom is 0.414 e. The third-order valence-corrected chi connectivity index (χ3v) is 6.00. The van der Waals surface area contributed by atoms with Crippen molar-refractivity contribution in [3.8, 4) is 0 Å². The normalized spacial score (nSPS) is 18.0. The predicted molar refractivity (Wildman–Crippen MR) is 127 cm³/mol. The summed E-state index contributed by atoms with van der Waals surface area (Å²) in [6, 6.07) is 4.66. The van der Waals surface area contributed by atoms with Crippen LogP contribution in [0.3, 0.4) is 0 Å². The average molecular weight is 489 g/mol. The summed E-state index contributed by atoms with van der Waals surface area (Å²) < 4.78 is 25.2. The molecule has 2 saturated heterocycles. The van der Waals surface area contributed by atoms with E-state index in [9.17, 15) is 9.59 Å². The van der Waals surface area contributed by atoms with Crippen LogP contribution in [0.1, 0.15) is 16.2 Å². The van der Waals surface area contributed by atoms with Crippen molar-refractivity contribution in [1.29, 1.82) is 0 Å². The smallest absolute Gasteiger partial charge is 0.414 e. The lowest BCUT2D eigenvalue weighted by Gasteiger charge is -2.36. The Morgan fingerprint density at radius 2 is 2.03 bits per heavy atom. The van der Waals surface area contributed by atoms with Gasteiger partial charge in [-0.3, -0.25) is 14.7 Å². The summed E-state index contributed by atoms with van der Waals surface area (Å²) in [5.74, 6) is -0.637. The topological polar surface area (TPSA) is 100 Å². The van der Waals surface area contributed by atoms with Gasteiger partial charge >= 0.3 is 6.09 Å². The molecule has 12 heteroatoms. The van der Waals surface area contributed by atoms with Gasteiger partial charge in [-0.2, -0.15) is 0 Å². The van der Waals surface area contributed by atoms with Crippen LogP contribution in [-0.4, -0.2) is 84.5 Å². The number of rotatable bonds is 5. The van der Waals surface area contributed by atoms with Crippen LogP contribution in [0.4, 0.5) is 20.6 Å². The zero-order valence-corrected chi connectivity index (χ0v) is 19.7. The number of aromatic nitrogens is 2. The molecule has 2 aliphatic heterocycles. The minimum absolute atomic E-state index is 0.189. The molecule has 180 valence electrons. The van der Waals surface area contributed by atoms with Crippen LogP contribution in [0.15, 0.2) is 30.6 Å². The van der Waals surface area contributed by atoms with E-state index in [-0.39, 0.29) is 17.6 Å². The first-order valence-corrected chi connectivity index (χ1v) is 11.2. The van der Waals surface area contributed by atoms with E-state index in [0.717, 1.165) is 5.69 Å². The number of benzene rings is 1. The van der Waals surface area contributed by atoms with Crippen molar-refractivity contribution < 1.29 is 23.5 Å². The molecule has 0 radical (unpaired) electrons. The van der Waals surface area contributed by atoms with Gasteiger partial charge in [0.15, 0.2) is 0 Å². The van der Waals surface area contributed by atoms with E-state index in [1.54, 1.807) is 30.2 Å². The zero-order valence-electron chi connectivity index (χ0n) is 18.9. The lowest BCUT2D eigenvalue weighted by atomic mass is 10.2. The predicted octanol–water partition coefficient (Wildman–Crippen LogP) is 1.73. The van der Waals surface area contributed by atoms with Crippen LogP contribution >= 0.6 is 12.2 Å². The molecule has 10 nitrogen and oxygen atoms in total. The molecule has 0 saturated carbocycles. The van der Waals surface area contributed by atoms with Crippen LogP contribution in [0.5, 0.6) is 0 Å². The van der Waals surface area contributed by atoms with E-state index in [4.69, 9.17) is 21.7 Å². The Hall–Kier alpha value is -3.54. The number of thiocarbonyl (C=S) groups is 1. The van der Waals surface area contributed by atoms with E-state index in [0.29, 0.717) is 49.8 Å². The Morgan fingerprint density at radius 3 is 2.68 bits per heavy atom. The van der Waals surface area contributed by atoms with Crippen LogP contribution in [0.25, 0.3) is 0 Å². The van der Waals surface area contributed by atoms with Gasteiger partial charge in [-0.25, -0.2) is 14.2 Å². The molecule has 0 spiro atoms. The number of carbonyl (C=O) groups excluding carboxylic acids is 2. The summed E-state index contributed by atoms with van der Waals surface area (Å²) >= 11 is 4.92. The maximum absolute atomic E-state index is 15.0. The SMILES string of the molecule is COC(=S)NCC1CN(c2ccc(N3CCN(C(=O)c4cnc(C)cn4)CC3)c(F)c2)C(=O)O1. The highest BCUT2D eigenvalue weighted by molar-refractivity contribution is 7.80. The van der Waals surface area contributed by atoms with Gasteiger partial charge in [0, 0.05) is 32.4 Å². The Labute approximate surface area is 201 Å². The quantitative estimate of drug-likeness (QED) is 0.631. The average Bonchev–Trinajstić information content (AvgIpc) is 3.23. The second-order valence-corrected chi connectivity index (χ2v) is 8.32. The molecular weight excluding hydrogens is 463 g/mol. The Kier molecular flexibility index (Phi) is 7.06. The molecule has 2 amide bonds. The summed E-state index contributed by atoms with van der Waals surface area (Å²) in [6.45, 7) is 4.19. The number of anilines is 2. The standard InChI is InChI=1S/C22H25FN6O4S/c1-14-10-25-18(12-24-14)20(30)28-7-5-27(6-8-28)19-4-3-15(9-17(19)23)29-13-16(33-22(29)31)11-26-21(34)32-2/h3-4,9-10,12,16H,5-8,11,13H2,1-2H3,(H,26,34). The molecule has 1 aromatic carbocycles. The highest BCUT2D eigenvalue weighted by atomic mass is 32.1. The Bertz CT molecular complexity index is 1080. The van der Waals surface area contributed by atoms with Gasteiger partial charge < -0.3 is 24.6 Å². The molecule has 2 aromatic rings. The first-order chi connectivity index (χ1) is 16.4. The minimum atomic E-state index is -0.548. The molecule has 2 aliphatic rings. The summed E-state index contributed by atoms with van der Waals surface area (Å²) in [5, 5.41) is 3.05. The van der Waals surface area contributed by atoms with E-state index < -0.39 is 18.0 Å². The van der Waals surface area contributed by atoms with E-state index in [2.05, 4.69) is 15.3 Å². The number of ether oxygens (including phenoxy) is 2. The summed E-state index contributed by atoms with van der Waals surface area (Å²) in [4.78, 5) is 38.1. The van der Waals surface area contributed by atoms with Crippen molar-refractivity contribution in [3.05, 3.63) is 47.8 Å². The minimum Gasteiger partial charge on any atom is -0.474 e. The van der Waals surface area contributed by atoms with Crippen molar-refractivity contribution in [2.45, 2.75) is 13.0 Å². The van der Waals surface area contributed by atoms with Gasteiger partial charge in [0.25, 0.3) is 11.1 Å². The van der Waals surface area contributed by atoms with Crippen LogP contribution in [0, 0.1) is 12.7 Å². The molecule has 3 heterocycles. The fourth-order valence-electron chi connectivity index (χ4n) is 3.84. The number of nitrogens with zero attached hydrogens (tertiary/aromatic N) is 5. The molecule has 4 rings (SSSR count). The number of carbonyl (C=O) groups is 2. The number of aryl methyl sites for hydroxylation is 1. The lowest BCUT2D eigenvalue weighted by molar-refractivity contribution is 0.0740. The maximum atomic E-state index is 15.0. The van der Waals surface area contributed by atoms with Crippen LogP contribution in [-0.2, 0) is 9.47 Å². The van der Waals surface area contributed by atoms with Crippen LogP contribution < -0.4 is 15.1 Å². The molecule has 1 aromatic heterocycles. The Morgan fingerprint density at radius 1 is 1.26 bits per heavy atom. The molecule has 1 N–H and O–H groups in total. The summed E-state index contributed by atoms with van der Waals surface area (Å²) in [6.07, 6.45) is 2.04. The number of amides is 2. The molecule has 0 aliphatic carbocycles. The first-order valence-electron chi connectivity index (χ1n) is 10.8. The highest BCUT2D eigenvalue weighted by Gasteiger charge is 2.33. The van der Waals surface area contributed by atoms with E-state index in [1.165, 1.54) is 24.3 Å². The summed E-state index contributed by atoms with van der Waals surface area (Å²) in [7, 11) is 1.45. The second kappa shape index (κ2) is 10.2. The third kappa shape index (κ3) is 5.16. The fraction of sp³-hybridized carbons (Fsp3) is 0.409. The van der Waals surface area contributed by atoms with Gasteiger partial charge in [-0.15, -0.1) is 0 Å². The molecule has 2 fully saturated rings. The number of cyclic esters (lactones) is 1. The number of methoxy groups -OCH3 is 1. The van der Waals surface area contributed by atoms with Gasteiger partial charge in [-0.05, 0) is 37.3 Å². The molecule has 1 atom stereocenters. The number of halogens is 1. The van der Waals surface area contributed by atoms with E-state index in [1.807, 2.05) is 4.90 Å². The Balaban J connectivity index is 1.35. The zero-order chi connectivity index (χ0) is 24.2. The van der Waals surface area contributed by atoms with Gasteiger partial charge in [-0.1, -0.05) is 0 Å². The number of hydrogen-bond donors (Lipinski definition) is 1. The molecular formula is C22H25FN6O4S. The third-order valence-electron chi connectivity index (χ3n) is 5.68. The molecule has 0 bridgehead atoms. The van der Waals surface area contributed by atoms with Gasteiger partial charge in [0.1, 0.15) is 17.6 Å². The van der Waals surface area contributed by atoms with Gasteiger partial charge in [0.2, 0.25) is 0 Å². The number of hydrogen-bond acceptors (Lipinski definition) is 8. The number of piperazine rings is 1. The second-order valence-electron chi connectivity index (χ2n) is 7.95. The van der Waals surface area contributed by atoms with Crippen molar-refractivity contribution in [2.24, 2.45) is 0 Å². The van der Waals surface area contributed by atoms with Crippen molar-refractivity contribution in [2.75, 3.05) is 56.2 Å². The van der Waals surface area contributed by atoms with Crippen LogP contribution in [0.2, 0.25) is 0 Å². The van der Waals surface area contributed by atoms with Gasteiger partial charge in [0.05, 0.1) is 43.5 Å². The lowest BCUT2D eigenvalue weighted by Crippen LogP contribution is -2.49. The van der Waals surface area contributed by atoms with Crippen molar-refractivity contribution in [3.63, 3.8) is 0 Å². The molecule has 1 unspecified atom stereocenters. The molecule has 34 heavy (non-hydrogen) atoms. The largest absolute Gasteiger partial charge is 0.474 e. The summed E-state index contributed by atoms with van der Waals surface area (Å²) in [5.41, 5.74) is 1.87. The highest BCUT2D eigenvalue weighted by Crippen LogP contribution is 2.28. The van der Waals surface area contributed by atoms with E-state index >= 15 is 4.39 Å². The monoisotopic (exact) mass is 488 g/mol. The van der Waals surface area contributed by atoms with Crippen molar-refractivity contribution >= 4 is 40.8 Å². The van der Waals surface area contributed by atoms with Crippen molar-refractivity contribution in [1.82, 2.24) is 20.2 Å². The fourth-order valence-corrected chi connectivity index (χ4v) is 3.93. The number of nitrogens with one attached hydrogen (secondary N) is 1.